The molecule has 0 aliphatic heterocycles. The van der Waals surface area contributed by atoms with E-state index < -0.39 is 0 Å². The monoisotopic (exact) mass is 293 g/mol. The lowest BCUT2D eigenvalue weighted by Gasteiger charge is -2.23. The molecule has 7 heteroatoms. The minimum atomic E-state index is -0.365. The SMILES string of the molecule is CCCN(CC1CC1)c1nc(NCC)nc(C)c1[N+](=O)[O-]. The molecule has 1 aliphatic rings. The van der Waals surface area contributed by atoms with Gasteiger partial charge in [0.05, 0.1) is 4.92 Å². The first kappa shape index (κ1) is 15.5. The van der Waals surface area contributed by atoms with Gasteiger partial charge in [0.2, 0.25) is 11.8 Å². The molecule has 1 saturated carbocycles. The number of anilines is 2. The number of rotatable bonds is 8. The Labute approximate surface area is 124 Å². The summed E-state index contributed by atoms with van der Waals surface area (Å²) in [7, 11) is 0. The summed E-state index contributed by atoms with van der Waals surface area (Å²) in [6.45, 7) is 8.01. The molecule has 0 unspecified atom stereocenters. The molecule has 1 aromatic heterocycles. The van der Waals surface area contributed by atoms with Gasteiger partial charge in [0.25, 0.3) is 0 Å². The molecule has 1 heterocycles. The molecule has 1 N–H and O–H groups in total. The van der Waals surface area contributed by atoms with E-state index in [-0.39, 0.29) is 10.6 Å². The normalized spacial score (nSPS) is 14.0. The van der Waals surface area contributed by atoms with E-state index in [0.29, 0.717) is 29.9 Å². The van der Waals surface area contributed by atoms with E-state index >= 15 is 0 Å². The molecule has 116 valence electrons. The summed E-state index contributed by atoms with van der Waals surface area (Å²) in [6.07, 6.45) is 3.35. The number of hydrogen-bond acceptors (Lipinski definition) is 6. The van der Waals surface area contributed by atoms with E-state index in [9.17, 15) is 10.1 Å². The smallest absolute Gasteiger partial charge is 0.332 e. The van der Waals surface area contributed by atoms with Crippen molar-refractivity contribution in [3.8, 4) is 0 Å². The Kier molecular flexibility index (Phi) is 4.93. The van der Waals surface area contributed by atoms with Crippen molar-refractivity contribution >= 4 is 17.5 Å². The summed E-state index contributed by atoms with van der Waals surface area (Å²) in [5.74, 6) is 1.57. The summed E-state index contributed by atoms with van der Waals surface area (Å²) in [4.78, 5) is 21.7. The zero-order valence-corrected chi connectivity index (χ0v) is 12.9. The van der Waals surface area contributed by atoms with E-state index in [1.165, 1.54) is 12.8 Å². The first-order valence-corrected chi connectivity index (χ1v) is 7.58. The van der Waals surface area contributed by atoms with Gasteiger partial charge < -0.3 is 10.2 Å². The number of nitrogens with one attached hydrogen (secondary N) is 1. The molecule has 7 nitrogen and oxygen atoms in total. The summed E-state index contributed by atoms with van der Waals surface area (Å²) in [5.41, 5.74) is 0.448. The zero-order chi connectivity index (χ0) is 15.4. The maximum Gasteiger partial charge on any atom is 0.332 e. The Morgan fingerprint density at radius 2 is 2.10 bits per heavy atom. The Morgan fingerprint density at radius 1 is 1.38 bits per heavy atom. The van der Waals surface area contributed by atoms with Crippen LogP contribution in [-0.2, 0) is 0 Å². The van der Waals surface area contributed by atoms with Gasteiger partial charge in [-0.2, -0.15) is 4.98 Å². The molecule has 0 saturated heterocycles. The first-order chi connectivity index (χ1) is 10.1. The maximum atomic E-state index is 11.4. The summed E-state index contributed by atoms with van der Waals surface area (Å²) >= 11 is 0. The van der Waals surface area contributed by atoms with Crippen LogP contribution in [0.1, 0.15) is 38.8 Å². The van der Waals surface area contributed by atoms with Crippen LogP contribution in [0.5, 0.6) is 0 Å². The van der Waals surface area contributed by atoms with Crippen molar-refractivity contribution < 1.29 is 4.92 Å². The molecule has 0 amide bonds. The molecule has 21 heavy (non-hydrogen) atoms. The molecular weight excluding hydrogens is 270 g/mol. The van der Waals surface area contributed by atoms with Gasteiger partial charge in [-0.15, -0.1) is 0 Å². The molecule has 1 aromatic rings. The Bertz CT molecular complexity index is 516. The van der Waals surface area contributed by atoms with Crippen molar-refractivity contribution in [1.82, 2.24) is 9.97 Å². The van der Waals surface area contributed by atoms with Crippen molar-refractivity contribution in [3.63, 3.8) is 0 Å². The average molecular weight is 293 g/mol. The third-order valence-electron chi connectivity index (χ3n) is 3.53. The van der Waals surface area contributed by atoms with Gasteiger partial charge in [0.1, 0.15) is 5.69 Å². The molecular formula is C14H23N5O2. The van der Waals surface area contributed by atoms with Gasteiger partial charge in [-0.05, 0) is 39.0 Å². The van der Waals surface area contributed by atoms with Crippen LogP contribution in [0.4, 0.5) is 17.5 Å². The molecule has 0 spiro atoms. The van der Waals surface area contributed by atoms with Crippen LogP contribution in [0, 0.1) is 23.0 Å². The van der Waals surface area contributed by atoms with Crippen LogP contribution < -0.4 is 10.2 Å². The number of nitro groups is 1. The van der Waals surface area contributed by atoms with Gasteiger partial charge in [0.15, 0.2) is 0 Å². The largest absolute Gasteiger partial charge is 0.354 e. The summed E-state index contributed by atoms with van der Waals surface area (Å²) in [5, 5.41) is 14.4. The van der Waals surface area contributed by atoms with Gasteiger partial charge in [-0.3, -0.25) is 10.1 Å². The molecule has 0 bridgehead atoms. The number of nitrogens with zero attached hydrogens (tertiary/aromatic N) is 4. The predicted molar refractivity (Wildman–Crippen MR) is 82.8 cm³/mol. The minimum Gasteiger partial charge on any atom is -0.354 e. The third-order valence-corrected chi connectivity index (χ3v) is 3.53. The topological polar surface area (TPSA) is 84.2 Å². The van der Waals surface area contributed by atoms with Gasteiger partial charge in [-0.1, -0.05) is 6.92 Å². The molecule has 2 rings (SSSR count). The summed E-state index contributed by atoms with van der Waals surface area (Å²) in [6, 6.07) is 0. The Hall–Kier alpha value is -1.92. The van der Waals surface area contributed by atoms with E-state index in [1.54, 1.807) is 6.92 Å². The standard InChI is InChI=1S/C14H23N5O2/c1-4-8-18(9-11-6-7-11)13-12(19(20)21)10(3)16-14(17-13)15-5-2/h11H,4-9H2,1-3H3,(H,15,16,17). The van der Waals surface area contributed by atoms with Crippen molar-refractivity contribution in [1.29, 1.82) is 0 Å². The second kappa shape index (κ2) is 6.69. The zero-order valence-electron chi connectivity index (χ0n) is 12.9. The number of aromatic nitrogens is 2. The van der Waals surface area contributed by atoms with Crippen LogP contribution in [0.25, 0.3) is 0 Å². The van der Waals surface area contributed by atoms with Crippen molar-refractivity contribution in [2.45, 2.75) is 40.0 Å². The average Bonchev–Trinajstić information content (AvgIpc) is 3.21. The van der Waals surface area contributed by atoms with E-state index in [4.69, 9.17) is 0 Å². The Balaban J connectivity index is 2.41. The van der Waals surface area contributed by atoms with Gasteiger partial charge in [-0.25, -0.2) is 4.98 Å². The van der Waals surface area contributed by atoms with Crippen molar-refractivity contribution in [3.05, 3.63) is 15.8 Å². The number of aryl methyl sites for hydroxylation is 1. The molecule has 1 aliphatic carbocycles. The van der Waals surface area contributed by atoms with E-state index in [1.807, 2.05) is 11.8 Å². The predicted octanol–water partition coefficient (Wildman–Crippen LogP) is 2.75. The molecule has 0 atom stereocenters. The van der Waals surface area contributed by atoms with Crippen molar-refractivity contribution in [2.24, 2.45) is 5.92 Å². The second-order valence-corrected chi connectivity index (χ2v) is 5.48. The Morgan fingerprint density at radius 3 is 2.62 bits per heavy atom. The van der Waals surface area contributed by atoms with Crippen LogP contribution in [-0.4, -0.2) is 34.5 Å². The molecule has 0 radical (unpaired) electrons. The quantitative estimate of drug-likeness (QED) is 0.586. The van der Waals surface area contributed by atoms with E-state index in [0.717, 1.165) is 19.5 Å². The van der Waals surface area contributed by atoms with Crippen LogP contribution in [0.15, 0.2) is 0 Å². The lowest BCUT2D eigenvalue weighted by atomic mass is 10.2. The first-order valence-electron chi connectivity index (χ1n) is 7.58. The lowest BCUT2D eigenvalue weighted by molar-refractivity contribution is -0.385. The highest BCUT2D eigenvalue weighted by molar-refractivity contribution is 5.62. The van der Waals surface area contributed by atoms with E-state index in [2.05, 4.69) is 22.2 Å². The number of hydrogen-bond donors (Lipinski definition) is 1. The van der Waals surface area contributed by atoms with Crippen LogP contribution in [0.3, 0.4) is 0 Å². The minimum absolute atomic E-state index is 0.0331. The van der Waals surface area contributed by atoms with Gasteiger partial charge in [0, 0.05) is 19.6 Å². The summed E-state index contributed by atoms with van der Waals surface area (Å²) < 4.78 is 0. The highest BCUT2D eigenvalue weighted by Crippen LogP contribution is 2.35. The molecule has 0 aromatic carbocycles. The highest BCUT2D eigenvalue weighted by atomic mass is 16.6. The van der Waals surface area contributed by atoms with Gasteiger partial charge >= 0.3 is 5.69 Å². The fraction of sp³-hybridized carbons (Fsp3) is 0.714. The van der Waals surface area contributed by atoms with Crippen LogP contribution >= 0.6 is 0 Å². The van der Waals surface area contributed by atoms with Crippen molar-refractivity contribution in [2.75, 3.05) is 29.9 Å². The molecule has 1 fully saturated rings. The highest BCUT2D eigenvalue weighted by Gasteiger charge is 2.30. The lowest BCUT2D eigenvalue weighted by Crippen LogP contribution is -2.29. The third kappa shape index (κ3) is 3.80. The maximum absolute atomic E-state index is 11.4. The fourth-order valence-corrected chi connectivity index (χ4v) is 2.39. The van der Waals surface area contributed by atoms with Crippen LogP contribution in [0.2, 0.25) is 0 Å². The fourth-order valence-electron chi connectivity index (χ4n) is 2.39. The second-order valence-electron chi connectivity index (χ2n) is 5.48.